The number of ether oxygens (including phenoxy) is 1. The largest absolute Gasteiger partial charge is 0.457 e. The molecule has 17 heavy (non-hydrogen) atoms. The molecule has 0 saturated carbocycles. The molecule has 0 spiro atoms. The van der Waals surface area contributed by atoms with E-state index in [9.17, 15) is 14.4 Å². The standard InChI is InChI=1S/C10H14N2O4S/c1-3-16-10(15)9(12-11)8(14)5-4-6-17-7(2)13/h3-6H2,1-2H3. The molecule has 0 unspecified atom stereocenters. The fourth-order valence-corrected chi connectivity index (χ4v) is 1.55. The van der Waals surface area contributed by atoms with Crippen LogP contribution in [0, 0.1) is 0 Å². The maximum atomic E-state index is 11.4. The second kappa shape index (κ2) is 8.66. The van der Waals surface area contributed by atoms with Crippen molar-refractivity contribution in [3.63, 3.8) is 0 Å². The summed E-state index contributed by atoms with van der Waals surface area (Å²) in [6.45, 7) is 3.12. The zero-order chi connectivity index (χ0) is 13.3. The van der Waals surface area contributed by atoms with Crippen LogP contribution in [-0.4, -0.2) is 39.7 Å². The maximum Gasteiger partial charge on any atom is 0.441 e. The lowest BCUT2D eigenvalue weighted by molar-refractivity contribution is -0.141. The van der Waals surface area contributed by atoms with E-state index in [0.717, 1.165) is 11.8 Å². The third-order valence-corrected chi connectivity index (χ3v) is 2.59. The van der Waals surface area contributed by atoms with E-state index in [1.807, 2.05) is 0 Å². The molecular weight excluding hydrogens is 244 g/mol. The van der Waals surface area contributed by atoms with Crippen molar-refractivity contribution < 1.29 is 23.9 Å². The number of carbonyl (C=O) groups excluding carboxylic acids is 3. The van der Waals surface area contributed by atoms with E-state index < -0.39 is 17.5 Å². The summed E-state index contributed by atoms with van der Waals surface area (Å²) >= 11 is 1.10. The van der Waals surface area contributed by atoms with Crippen LogP contribution in [0.3, 0.4) is 0 Å². The predicted octanol–water partition coefficient (Wildman–Crippen LogP) is 0.849. The lowest BCUT2D eigenvalue weighted by Crippen LogP contribution is -2.27. The fourth-order valence-electron chi connectivity index (χ4n) is 0.977. The Labute approximate surface area is 103 Å². The summed E-state index contributed by atoms with van der Waals surface area (Å²) in [6, 6.07) is 0. The van der Waals surface area contributed by atoms with E-state index in [2.05, 4.69) is 9.53 Å². The minimum Gasteiger partial charge on any atom is -0.457 e. The molecule has 0 fully saturated rings. The number of nitrogens with zero attached hydrogens (tertiary/aromatic N) is 2. The van der Waals surface area contributed by atoms with Gasteiger partial charge in [0, 0.05) is 19.1 Å². The number of hydrogen-bond donors (Lipinski definition) is 0. The number of carbonyl (C=O) groups is 3. The summed E-state index contributed by atoms with van der Waals surface area (Å²) in [5.41, 5.74) is 7.95. The molecule has 0 rings (SSSR count). The first-order chi connectivity index (χ1) is 8.02. The van der Waals surface area contributed by atoms with Gasteiger partial charge in [-0.05, 0) is 13.3 Å². The monoisotopic (exact) mass is 258 g/mol. The Morgan fingerprint density at radius 2 is 2.00 bits per heavy atom. The molecule has 0 atom stereocenters. The third-order valence-electron chi connectivity index (χ3n) is 1.69. The number of thioether (sulfide) groups is 1. The van der Waals surface area contributed by atoms with Crippen molar-refractivity contribution in [2.24, 2.45) is 0 Å². The summed E-state index contributed by atoms with van der Waals surface area (Å²) in [5.74, 6) is -1.03. The first-order valence-electron chi connectivity index (χ1n) is 5.08. The Morgan fingerprint density at radius 3 is 2.47 bits per heavy atom. The zero-order valence-corrected chi connectivity index (χ0v) is 10.6. The van der Waals surface area contributed by atoms with Crippen LogP contribution in [-0.2, 0) is 19.1 Å². The number of esters is 1. The molecule has 0 amide bonds. The molecule has 0 aromatic heterocycles. The molecule has 6 nitrogen and oxygen atoms in total. The van der Waals surface area contributed by atoms with Gasteiger partial charge in [0.05, 0.1) is 6.61 Å². The Hall–Kier alpha value is -1.46. The molecule has 0 bridgehead atoms. The number of ketones is 1. The lowest BCUT2D eigenvalue weighted by atomic mass is 10.1. The van der Waals surface area contributed by atoms with E-state index in [0.29, 0.717) is 12.2 Å². The van der Waals surface area contributed by atoms with Crippen molar-refractivity contribution in [1.29, 1.82) is 0 Å². The number of Topliss-reactive ketones (excluding diaryl/α,β-unsaturated/α-hetero) is 1. The Morgan fingerprint density at radius 1 is 1.35 bits per heavy atom. The van der Waals surface area contributed by atoms with Crippen LogP contribution in [0.25, 0.3) is 5.53 Å². The fraction of sp³-hybridized carbons (Fsp3) is 0.600. The molecule has 0 aliphatic carbocycles. The van der Waals surface area contributed by atoms with Crippen molar-refractivity contribution in [3.8, 4) is 0 Å². The summed E-state index contributed by atoms with van der Waals surface area (Å²) in [4.78, 5) is 35.9. The van der Waals surface area contributed by atoms with Crippen molar-refractivity contribution in [3.05, 3.63) is 5.53 Å². The van der Waals surface area contributed by atoms with E-state index in [1.165, 1.54) is 6.92 Å². The van der Waals surface area contributed by atoms with Crippen LogP contribution >= 0.6 is 11.8 Å². The summed E-state index contributed by atoms with van der Waals surface area (Å²) in [6.07, 6.45) is 0.472. The molecule has 0 heterocycles. The minimum absolute atomic E-state index is 0.0288. The molecule has 0 aliphatic heterocycles. The Kier molecular flexibility index (Phi) is 7.92. The van der Waals surface area contributed by atoms with Gasteiger partial charge in [-0.2, -0.15) is 4.79 Å². The van der Waals surface area contributed by atoms with Crippen molar-refractivity contribution in [2.75, 3.05) is 12.4 Å². The molecule has 0 aromatic carbocycles. The average molecular weight is 258 g/mol. The van der Waals surface area contributed by atoms with Crippen molar-refractivity contribution in [1.82, 2.24) is 0 Å². The predicted molar refractivity (Wildman–Crippen MR) is 62.6 cm³/mol. The molecule has 7 heteroatoms. The number of rotatable bonds is 7. The van der Waals surface area contributed by atoms with Gasteiger partial charge >= 0.3 is 11.7 Å². The minimum atomic E-state index is -0.931. The molecular formula is C10H14N2O4S. The van der Waals surface area contributed by atoms with Crippen LogP contribution in [0.5, 0.6) is 0 Å². The smallest absolute Gasteiger partial charge is 0.441 e. The molecule has 0 aliphatic rings. The van der Waals surface area contributed by atoms with Gasteiger partial charge in [-0.1, -0.05) is 11.8 Å². The molecule has 0 aromatic rings. The highest BCUT2D eigenvalue weighted by Crippen LogP contribution is 2.06. The molecule has 0 N–H and O–H groups in total. The maximum absolute atomic E-state index is 11.4. The average Bonchev–Trinajstić information content (AvgIpc) is 2.25. The van der Waals surface area contributed by atoms with Gasteiger partial charge in [-0.15, -0.1) is 0 Å². The van der Waals surface area contributed by atoms with Gasteiger partial charge in [0.25, 0.3) is 5.78 Å². The molecule has 94 valence electrons. The Bertz CT molecular complexity index is 361. The van der Waals surface area contributed by atoms with Crippen LogP contribution in [0.4, 0.5) is 0 Å². The van der Waals surface area contributed by atoms with E-state index in [1.54, 1.807) is 6.92 Å². The van der Waals surface area contributed by atoms with Gasteiger partial charge < -0.3 is 10.3 Å². The van der Waals surface area contributed by atoms with Gasteiger partial charge in [-0.3, -0.25) is 9.59 Å². The first kappa shape index (κ1) is 15.5. The van der Waals surface area contributed by atoms with Gasteiger partial charge in [0.2, 0.25) is 0 Å². The van der Waals surface area contributed by atoms with E-state index in [-0.39, 0.29) is 18.1 Å². The Balaban J connectivity index is 4.15. The summed E-state index contributed by atoms with van der Waals surface area (Å²) in [5, 5.41) is -0.0288. The highest BCUT2D eigenvalue weighted by molar-refractivity contribution is 8.13. The van der Waals surface area contributed by atoms with Crippen molar-refractivity contribution >= 4 is 34.3 Å². The first-order valence-corrected chi connectivity index (χ1v) is 6.07. The van der Waals surface area contributed by atoms with Crippen LogP contribution in [0.1, 0.15) is 26.7 Å². The second-order valence-electron chi connectivity index (χ2n) is 3.04. The third kappa shape index (κ3) is 6.65. The second-order valence-corrected chi connectivity index (χ2v) is 4.31. The quantitative estimate of drug-likeness (QED) is 0.168. The van der Waals surface area contributed by atoms with Gasteiger partial charge in [0.15, 0.2) is 5.12 Å². The van der Waals surface area contributed by atoms with E-state index >= 15 is 0 Å². The van der Waals surface area contributed by atoms with E-state index in [4.69, 9.17) is 5.53 Å². The summed E-state index contributed by atoms with van der Waals surface area (Å²) < 4.78 is 4.55. The highest BCUT2D eigenvalue weighted by atomic mass is 32.2. The van der Waals surface area contributed by atoms with Crippen LogP contribution in [0.2, 0.25) is 0 Å². The molecule has 0 radical (unpaired) electrons. The topological polar surface area (TPSA) is 96.8 Å². The van der Waals surface area contributed by atoms with Crippen LogP contribution < -0.4 is 0 Å². The SMILES string of the molecule is CCOC(=O)C(=[N+]=[N-])C(=O)CCCSC(C)=O. The van der Waals surface area contributed by atoms with Gasteiger partial charge in [0.1, 0.15) is 0 Å². The zero-order valence-electron chi connectivity index (χ0n) is 9.76. The summed E-state index contributed by atoms with van der Waals surface area (Å²) in [7, 11) is 0. The number of hydrogen-bond acceptors (Lipinski definition) is 5. The van der Waals surface area contributed by atoms with Gasteiger partial charge in [-0.25, -0.2) is 4.79 Å². The van der Waals surface area contributed by atoms with Crippen LogP contribution in [0.15, 0.2) is 0 Å². The lowest BCUT2D eigenvalue weighted by Gasteiger charge is -1.97. The normalized spacial score (nSPS) is 9.29. The van der Waals surface area contributed by atoms with Crippen molar-refractivity contribution in [2.45, 2.75) is 26.7 Å². The highest BCUT2D eigenvalue weighted by Gasteiger charge is 2.30. The molecule has 0 saturated heterocycles.